The normalized spacial score (nSPS) is 20.1. The minimum absolute atomic E-state index is 0.229. The number of hydrogen-bond donors (Lipinski definition) is 2. The predicted molar refractivity (Wildman–Crippen MR) is 62.5 cm³/mol. The number of rotatable bonds is 1. The van der Waals surface area contributed by atoms with E-state index in [0.29, 0.717) is 24.3 Å². The van der Waals surface area contributed by atoms with Gasteiger partial charge in [-0.2, -0.15) is 0 Å². The highest BCUT2D eigenvalue weighted by Gasteiger charge is 2.28. The van der Waals surface area contributed by atoms with Crippen molar-refractivity contribution in [3.05, 3.63) is 24.0 Å². The molecule has 18 heavy (non-hydrogen) atoms. The second-order valence-electron chi connectivity index (χ2n) is 4.28. The lowest BCUT2D eigenvalue weighted by atomic mass is 9.91. The molecule has 3 N–H and O–H groups in total. The van der Waals surface area contributed by atoms with Crippen LogP contribution in [0.5, 0.6) is 0 Å². The van der Waals surface area contributed by atoms with E-state index in [2.05, 4.69) is 15.5 Å². The molecule has 0 spiro atoms. The first-order chi connectivity index (χ1) is 8.65. The van der Waals surface area contributed by atoms with Crippen molar-refractivity contribution in [3.63, 3.8) is 0 Å². The van der Waals surface area contributed by atoms with Crippen molar-refractivity contribution in [2.75, 3.05) is 5.73 Å². The van der Waals surface area contributed by atoms with Gasteiger partial charge in [-0.25, -0.2) is 0 Å². The molecule has 1 atom stereocenters. The number of aromatic nitrogens is 3. The minimum atomic E-state index is -0.355. The van der Waals surface area contributed by atoms with Crippen LogP contribution < -0.4 is 11.1 Å². The average Bonchev–Trinajstić information content (AvgIpc) is 2.77. The Kier molecular flexibility index (Phi) is 2.26. The Labute approximate surface area is 102 Å². The Balaban J connectivity index is 2.03. The maximum absolute atomic E-state index is 11.8. The van der Waals surface area contributed by atoms with Gasteiger partial charge in [0.25, 0.3) is 0 Å². The number of nitrogens with one attached hydrogen (secondary N) is 1. The predicted octanol–water partition coefficient (Wildman–Crippen LogP) is -0.168. The maximum atomic E-state index is 11.8. The van der Waals surface area contributed by atoms with Gasteiger partial charge in [-0.3, -0.25) is 19.3 Å². The Bertz CT molecular complexity index is 648. The molecule has 1 aliphatic heterocycles. The van der Waals surface area contributed by atoms with Crippen LogP contribution in [0.4, 0.5) is 5.82 Å². The molecule has 0 bridgehead atoms. The molecule has 1 aliphatic rings. The third-order valence-corrected chi connectivity index (χ3v) is 3.10. The van der Waals surface area contributed by atoms with Crippen molar-refractivity contribution in [1.29, 1.82) is 0 Å². The molecule has 1 fully saturated rings. The van der Waals surface area contributed by atoms with Gasteiger partial charge < -0.3 is 5.73 Å². The van der Waals surface area contributed by atoms with Gasteiger partial charge in [0.15, 0.2) is 5.65 Å². The zero-order valence-electron chi connectivity index (χ0n) is 9.46. The zero-order chi connectivity index (χ0) is 12.7. The van der Waals surface area contributed by atoms with Crippen molar-refractivity contribution in [1.82, 2.24) is 19.9 Å². The first-order valence-electron chi connectivity index (χ1n) is 5.58. The number of imide groups is 1. The first-order valence-corrected chi connectivity index (χ1v) is 5.58. The van der Waals surface area contributed by atoms with Gasteiger partial charge in [0.2, 0.25) is 11.8 Å². The number of piperidine rings is 1. The largest absolute Gasteiger partial charge is 0.385 e. The van der Waals surface area contributed by atoms with E-state index in [9.17, 15) is 9.59 Å². The number of pyridine rings is 1. The van der Waals surface area contributed by atoms with Crippen LogP contribution in [-0.4, -0.2) is 26.4 Å². The monoisotopic (exact) mass is 245 g/mol. The standard InChI is InChI=1S/C11H11N5O2/c12-8-3-6(4-9-15-13-5-16(8)9)7-1-2-10(17)14-11(7)18/h3-5,7H,1-2,12H2,(H,14,17,18). The number of carbonyl (C=O) groups is 2. The minimum Gasteiger partial charge on any atom is -0.385 e. The van der Waals surface area contributed by atoms with E-state index in [-0.39, 0.29) is 17.7 Å². The molecule has 0 aromatic carbocycles. The van der Waals surface area contributed by atoms with Crippen LogP contribution in [0.3, 0.4) is 0 Å². The van der Waals surface area contributed by atoms with Crippen molar-refractivity contribution in [3.8, 4) is 0 Å². The molecule has 3 rings (SSSR count). The van der Waals surface area contributed by atoms with Crippen molar-refractivity contribution in [2.24, 2.45) is 0 Å². The van der Waals surface area contributed by atoms with E-state index < -0.39 is 0 Å². The summed E-state index contributed by atoms with van der Waals surface area (Å²) in [6.45, 7) is 0. The topological polar surface area (TPSA) is 102 Å². The smallest absolute Gasteiger partial charge is 0.234 e. The molecule has 2 aromatic rings. The molecule has 1 saturated heterocycles. The second kappa shape index (κ2) is 3.80. The molecule has 2 amide bonds. The zero-order valence-corrected chi connectivity index (χ0v) is 9.46. The fraction of sp³-hybridized carbons (Fsp3) is 0.273. The Morgan fingerprint density at radius 2 is 2.22 bits per heavy atom. The molecule has 92 valence electrons. The van der Waals surface area contributed by atoms with Crippen molar-refractivity contribution < 1.29 is 9.59 Å². The van der Waals surface area contributed by atoms with Crippen molar-refractivity contribution >= 4 is 23.3 Å². The van der Waals surface area contributed by atoms with E-state index in [1.54, 1.807) is 16.5 Å². The molecule has 1 unspecified atom stereocenters. The van der Waals surface area contributed by atoms with Gasteiger partial charge in [0.1, 0.15) is 12.1 Å². The van der Waals surface area contributed by atoms with E-state index in [1.807, 2.05) is 0 Å². The number of anilines is 1. The lowest BCUT2D eigenvalue weighted by Crippen LogP contribution is -2.39. The van der Waals surface area contributed by atoms with Crippen LogP contribution in [0.2, 0.25) is 0 Å². The lowest BCUT2D eigenvalue weighted by Gasteiger charge is -2.21. The quantitative estimate of drug-likeness (QED) is 0.679. The molecule has 3 heterocycles. The van der Waals surface area contributed by atoms with E-state index in [4.69, 9.17) is 5.73 Å². The molecule has 0 radical (unpaired) electrons. The fourth-order valence-electron chi connectivity index (χ4n) is 2.19. The molecule has 2 aromatic heterocycles. The Morgan fingerprint density at radius 1 is 1.39 bits per heavy atom. The van der Waals surface area contributed by atoms with E-state index in [0.717, 1.165) is 5.56 Å². The lowest BCUT2D eigenvalue weighted by molar-refractivity contribution is -0.134. The molecule has 0 aliphatic carbocycles. The first kappa shape index (κ1) is 10.7. The summed E-state index contributed by atoms with van der Waals surface area (Å²) in [5.41, 5.74) is 7.22. The SMILES string of the molecule is Nc1cc(C2CCC(=O)NC2=O)cc2nncn12. The van der Waals surface area contributed by atoms with Crippen LogP contribution in [-0.2, 0) is 9.59 Å². The van der Waals surface area contributed by atoms with E-state index in [1.165, 1.54) is 6.33 Å². The van der Waals surface area contributed by atoms with Crippen LogP contribution in [0, 0.1) is 0 Å². The van der Waals surface area contributed by atoms with Crippen LogP contribution in [0.25, 0.3) is 5.65 Å². The van der Waals surface area contributed by atoms with Crippen LogP contribution >= 0.6 is 0 Å². The van der Waals surface area contributed by atoms with Crippen LogP contribution in [0.1, 0.15) is 24.3 Å². The van der Waals surface area contributed by atoms with Gasteiger partial charge in [-0.15, -0.1) is 10.2 Å². The summed E-state index contributed by atoms with van der Waals surface area (Å²) in [5.74, 6) is -0.397. The molecular weight excluding hydrogens is 234 g/mol. The second-order valence-corrected chi connectivity index (χ2v) is 4.28. The van der Waals surface area contributed by atoms with Gasteiger partial charge in [-0.05, 0) is 24.1 Å². The number of nitrogens with two attached hydrogens (primary N) is 1. The third-order valence-electron chi connectivity index (χ3n) is 3.10. The molecule has 0 saturated carbocycles. The van der Waals surface area contributed by atoms with Gasteiger partial charge in [-0.1, -0.05) is 0 Å². The summed E-state index contributed by atoms with van der Waals surface area (Å²) >= 11 is 0. The summed E-state index contributed by atoms with van der Waals surface area (Å²) in [7, 11) is 0. The van der Waals surface area contributed by atoms with Gasteiger partial charge >= 0.3 is 0 Å². The third kappa shape index (κ3) is 1.60. The summed E-state index contributed by atoms with van der Waals surface area (Å²) in [6.07, 6.45) is 2.35. The fourth-order valence-corrected chi connectivity index (χ4v) is 2.19. The number of amides is 2. The summed E-state index contributed by atoms with van der Waals surface area (Å²) < 4.78 is 1.63. The number of nitrogens with zero attached hydrogens (tertiary/aromatic N) is 3. The van der Waals surface area contributed by atoms with E-state index >= 15 is 0 Å². The molecule has 7 heteroatoms. The van der Waals surface area contributed by atoms with Crippen LogP contribution in [0.15, 0.2) is 18.5 Å². The van der Waals surface area contributed by atoms with Gasteiger partial charge in [0, 0.05) is 6.42 Å². The number of hydrogen-bond acceptors (Lipinski definition) is 5. The number of fused-ring (bicyclic) bond motifs is 1. The summed E-state index contributed by atoms with van der Waals surface area (Å²) in [5, 5.41) is 9.99. The highest BCUT2D eigenvalue weighted by molar-refractivity contribution is 6.01. The highest BCUT2D eigenvalue weighted by atomic mass is 16.2. The number of nitrogen functional groups attached to an aromatic ring is 1. The van der Waals surface area contributed by atoms with Gasteiger partial charge in [0.05, 0.1) is 5.92 Å². The highest BCUT2D eigenvalue weighted by Crippen LogP contribution is 2.27. The average molecular weight is 245 g/mol. The molecule has 7 nitrogen and oxygen atoms in total. The van der Waals surface area contributed by atoms with Crippen molar-refractivity contribution in [2.45, 2.75) is 18.8 Å². The Hall–Kier alpha value is -2.44. The maximum Gasteiger partial charge on any atom is 0.234 e. The summed E-state index contributed by atoms with van der Waals surface area (Å²) in [4.78, 5) is 22.9. The number of carbonyl (C=O) groups excluding carboxylic acids is 2. The summed E-state index contributed by atoms with van der Waals surface area (Å²) in [6, 6.07) is 3.49. The Morgan fingerprint density at radius 3 is 3.00 bits per heavy atom. The molecular formula is C11H11N5O2.